The molecular formula is C18H15NO4. The van der Waals surface area contributed by atoms with Gasteiger partial charge in [-0.1, -0.05) is 24.3 Å². The number of carboxylic acids is 1. The molecule has 0 radical (unpaired) electrons. The number of benzene rings is 2. The lowest BCUT2D eigenvalue weighted by Crippen LogP contribution is -2.30. The third kappa shape index (κ3) is 2.85. The SMILES string of the molecule is O=C(O)c1ccc(CCCN2C(=O)c3ccccc3C2=O)cc1. The monoisotopic (exact) mass is 309 g/mol. The van der Waals surface area contributed by atoms with Crippen molar-refractivity contribution in [3.63, 3.8) is 0 Å². The molecule has 23 heavy (non-hydrogen) atoms. The normalized spacial score (nSPS) is 13.3. The number of hydrogen-bond acceptors (Lipinski definition) is 3. The van der Waals surface area contributed by atoms with Gasteiger partial charge in [-0.2, -0.15) is 0 Å². The first kappa shape index (κ1) is 15.0. The average molecular weight is 309 g/mol. The van der Waals surface area contributed by atoms with Crippen molar-refractivity contribution in [1.29, 1.82) is 0 Å². The molecule has 0 spiro atoms. The number of aryl methyl sites for hydroxylation is 1. The number of carboxylic acid groups (broad SMARTS) is 1. The molecule has 1 aliphatic heterocycles. The molecule has 2 aromatic rings. The molecule has 0 saturated heterocycles. The van der Waals surface area contributed by atoms with Crippen LogP contribution in [-0.4, -0.2) is 34.3 Å². The fraction of sp³-hybridized carbons (Fsp3) is 0.167. The van der Waals surface area contributed by atoms with Gasteiger partial charge in [-0.3, -0.25) is 14.5 Å². The van der Waals surface area contributed by atoms with Crippen molar-refractivity contribution in [3.05, 3.63) is 70.8 Å². The molecule has 5 heteroatoms. The van der Waals surface area contributed by atoms with E-state index in [1.165, 1.54) is 4.90 Å². The summed E-state index contributed by atoms with van der Waals surface area (Å²) in [6.45, 7) is 0.354. The van der Waals surface area contributed by atoms with Gasteiger partial charge in [-0.25, -0.2) is 4.79 Å². The number of aromatic carboxylic acids is 1. The zero-order valence-corrected chi connectivity index (χ0v) is 12.4. The molecule has 116 valence electrons. The summed E-state index contributed by atoms with van der Waals surface area (Å²) in [6, 6.07) is 13.5. The number of carbonyl (C=O) groups is 3. The second kappa shape index (κ2) is 6.04. The van der Waals surface area contributed by atoms with Crippen molar-refractivity contribution < 1.29 is 19.5 Å². The minimum atomic E-state index is -0.956. The molecule has 0 aliphatic carbocycles. The first-order valence-corrected chi connectivity index (χ1v) is 7.35. The minimum absolute atomic E-state index is 0.244. The van der Waals surface area contributed by atoms with Gasteiger partial charge in [0.05, 0.1) is 16.7 Å². The molecule has 0 atom stereocenters. The zero-order valence-electron chi connectivity index (χ0n) is 12.4. The Morgan fingerprint density at radius 3 is 2.00 bits per heavy atom. The Hall–Kier alpha value is -2.95. The molecule has 0 aromatic heterocycles. The Morgan fingerprint density at radius 2 is 1.48 bits per heavy atom. The third-order valence-electron chi connectivity index (χ3n) is 3.93. The molecule has 0 bridgehead atoms. The Labute approximate surface area is 133 Å². The van der Waals surface area contributed by atoms with Crippen molar-refractivity contribution in [2.75, 3.05) is 6.54 Å². The summed E-state index contributed by atoms with van der Waals surface area (Å²) >= 11 is 0. The highest BCUT2D eigenvalue weighted by molar-refractivity contribution is 6.21. The van der Waals surface area contributed by atoms with Crippen LogP contribution in [0, 0.1) is 0 Å². The number of carbonyl (C=O) groups excluding carboxylic acids is 2. The van der Waals surface area contributed by atoms with E-state index in [0.29, 0.717) is 30.5 Å². The Bertz CT molecular complexity index is 745. The Kier molecular flexibility index (Phi) is 3.93. The number of rotatable bonds is 5. The minimum Gasteiger partial charge on any atom is -0.478 e. The summed E-state index contributed by atoms with van der Waals surface area (Å²) in [7, 11) is 0. The maximum Gasteiger partial charge on any atom is 0.335 e. The fourth-order valence-electron chi connectivity index (χ4n) is 2.70. The summed E-state index contributed by atoms with van der Waals surface area (Å²) in [6.07, 6.45) is 1.31. The summed E-state index contributed by atoms with van der Waals surface area (Å²) in [5, 5.41) is 8.86. The van der Waals surface area contributed by atoms with E-state index >= 15 is 0 Å². The van der Waals surface area contributed by atoms with E-state index in [1.54, 1.807) is 48.5 Å². The number of fused-ring (bicyclic) bond motifs is 1. The molecule has 3 rings (SSSR count). The van der Waals surface area contributed by atoms with Crippen LogP contribution in [0.1, 0.15) is 43.1 Å². The van der Waals surface area contributed by atoms with Crippen molar-refractivity contribution in [3.8, 4) is 0 Å². The summed E-state index contributed by atoms with van der Waals surface area (Å²) < 4.78 is 0. The topological polar surface area (TPSA) is 74.7 Å². The van der Waals surface area contributed by atoms with E-state index < -0.39 is 5.97 Å². The van der Waals surface area contributed by atoms with Crippen LogP contribution in [0.5, 0.6) is 0 Å². The summed E-state index contributed by atoms with van der Waals surface area (Å²) in [4.78, 5) is 36.5. The molecule has 0 fully saturated rings. The second-order valence-electron chi connectivity index (χ2n) is 5.41. The lowest BCUT2D eigenvalue weighted by atomic mass is 10.1. The van der Waals surface area contributed by atoms with Crippen LogP contribution in [0.3, 0.4) is 0 Å². The maximum absolute atomic E-state index is 12.2. The van der Waals surface area contributed by atoms with Crippen LogP contribution in [0.4, 0.5) is 0 Å². The molecule has 0 saturated carbocycles. The number of amides is 2. The van der Waals surface area contributed by atoms with E-state index in [2.05, 4.69) is 0 Å². The molecule has 0 unspecified atom stereocenters. The standard InChI is InChI=1S/C18H15NO4/c20-16-14-5-1-2-6-15(14)17(21)19(16)11-3-4-12-7-9-13(10-8-12)18(22)23/h1-2,5-10H,3-4,11H2,(H,22,23). The highest BCUT2D eigenvalue weighted by atomic mass is 16.4. The number of hydrogen-bond donors (Lipinski definition) is 1. The molecule has 2 aromatic carbocycles. The van der Waals surface area contributed by atoms with Gasteiger partial charge < -0.3 is 5.11 Å². The van der Waals surface area contributed by atoms with E-state index in [9.17, 15) is 14.4 Å². The Morgan fingerprint density at radius 1 is 0.913 bits per heavy atom. The molecule has 1 aliphatic rings. The highest BCUT2D eigenvalue weighted by Gasteiger charge is 2.34. The summed E-state index contributed by atoms with van der Waals surface area (Å²) in [5.41, 5.74) is 2.15. The van der Waals surface area contributed by atoms with Gasteiger partial charge in [-0.05, 0) is 42.7 Å². The first-order valence-electron chi connectivity index (χ1n) is 7.35. The first-order chi connectivity index (χ1) is 11.1. The zero-order chi connectivity index (χ0) is 16.4. The van der Waals surface area contributed by atoms with Gasteiger partial charge in [0, 0.05) is 6.54 Å². The van der Waals surface area contributed by atoms with Crippen LogP contribution in [0.2, 0.25) is 0 Å². The molecule has 2 amide bonds. The van der Waals surface area contributed by atoms with Gasteiger partial charge in [0.1, 0.15) is 0 Å². The number of nitrogens with zero attached hydrogens (tertiary/aromatic N) is 1. The van der Waals surface area contributed by atoms with Crippen LogP contribution < -0.4 is 0 Å². The molecule has 1 N–H and O–H groups in total. The average Bonchev–Trinajstić information content (AvgIpc) is 2.81. The predicted molar refractivity (Wildman–Crippen MR) is 83.5 cm³/mol. The van der Waals surface area contributed by atoms with Crippen molar-refractivity contribution in [1.82, 2.24) is 4.90 Å². The van der Waals surface area contributed by atoms with Crippen molar-refractivity contribution in [2.24, 2.45) is 0 Å². The predicted octanol–water partition coefficient (Wildman–Crippen LogP) is 2.61. The van der Waals surface area contributed by atoms with Gasteiger partial charge >= 0.3 is 5.97 Å². The third-order valence-corrected chi connectivity index (χ3v) is 3.93. The van der Waals surface area contributed by atoms with E-state index in [4.69, 9.17) is 5.11 Å². The quantitative estimate of drug-likeness (QED) is 0.862. The number of imide groups is 1. The van der Waals surface area contributed by atoms with Crippen molar-refractivity contribution in [2.45, 2.75) is 12.8 Å². The van der Waals surface area contributed by atoms with E-state index in [0.717, 1.165) is 5.56 Å². The lowest BCUT2D eigenvalue weighted by Gasteiger charge is -2.13. The smallest absolute Gasteiger partial charge is 0.335 e. The van der Waals surface area contributed by atoms with E-state index in [1.807, 2.05) is 0 Å². The fourth-order valence-corrected chi connectivity index (χ4v) is 2.70. The van der Waals surface area contributed by atoms with Crippen LogP contribution in [-0.2, 0) is 6.42 Å². The molecular weight excluding hydrogens is 294 g/mol. The van der Waals surface area contributed by atoms with Crippen LogP contribution in [0.25, 0.3) is 0 Å². The van der Waals surface area contributed by atoms with Gasteiger partial charge in [-0.15, -0.1) is 0 Å². The second-order valence-corrected chi connectivity index (χ2v) is 5.41. The summed E-state index contributed by atoms with van der Waals surface area (Å²) in [5.74, 6) is -1.44. The highest BCUT2D eigenvalue weighted by Crippen LogP contribution is 2.22. The van der Waals surface area contributed by atoms with Gasteiger partial charge in [0.25, 0.3) is 11.8 Å². The van der Waals surface area contributed by atoms with Crippen LogP contribution >= 0.6 is 0 Å². The lowest BCUT2D eigenvalue weighted by molar-refractivity contribution is 0.0649. The van der Waals surface area contributed by atoms with Crippen LogP contribution in [0.15, 0.2) is 48.5 Å². The Balaban J connectivity index is 1.60. The van der Waals surface area contributed by atoms with Gasteiger partial charge in [0.2, 0.25) is 0 Å². The van der Waals surface area contributed by atoms with Crippen molar-refractivity contribution >= 4 is 17.8 Å². The molecule has 1 heterocycles. The van der Waals surface area contributed by atoms with E-state index in [-0.39, 0.29) is 17.4 Å². The maximum atomic E-state index is 12.2. The molecule has 5 nitrogen and oxygen atoms in total. The van der Waals surface area contributed by atoms with Gasteiger partial charge in [0.15, 0.2) is 0 Å². The largest absolute Gasteiger partial charge is 0.478 e.